The lowest BCUT2D eigenvalue weighted by molar-refractivity contribution is -0.114. The van der Waals surface area contributed by atoms with E-state index in [1.807, 2.05) is 0 Å². The molecule has 0 unspecified atom stereocenters. The second-order valence-corrected chi connectivity index (χ2v) is 5.58. The van der Waals surface area contributed by atoms with Crippen LogP contribution < -0.4 is 10.1 Å². The third kappa shape index (κ3) is 5.50. The maximum Gasteiger partial charge on any atom is 0.442 e. The number of benzene rings is 1. The minimum absolute atomic E-state index is 0.203. The first-order chi connectivity index (χ1) is 8.73. The van der Waals surface area contributed by atoms with Crippen LogP contribution in [0.5, 0.6) is 5.75 Å². The highest BCUT2D eigenvalue weighted by molar-refractivity contribution is 9.10. The number of hydrogen-bond donors (Lipinski definition) is 1. The van der Waals surface area contributed by atoms with Crippen molar-refractivity contribution < 1.29 is 22.7 Å². The average molecular weight is 379 g/mol. The van der Waals surface area contributed by atoms with Gasteiger partial charge in [0.25, 0.3) is 0 Å². The Morgan fingerprint density at radius 1 is 1.53 bits per heavy atom. The van der Waals surface area contributed by atoms with Crippen molar-refractivity contribution in [3.8, 4) is 5.75 Å². The Balaban J connectivity index is 2.79. The SMILES string of the molecule is COc1c(Br)cc(Cl)cc1NC(=O)CSC(F)(F)F. The molecule has 0 aromatic heterocycles. The van der Waals surface area contributed by atoms with E-state index in [1.54, 1.807) is 6.07 Å². The molecule has 0 aliphatic carbocycles. The van der Waals surface area contributed by atoms with Gasteiger partial charge in [0.05, 0.1) is 23.0 Å². The summed E-state index contributed by atoms with van der Waals surface area (Å²) in [5.41, 5.74) is -4.24. The van der Waals surface area contributed by atoms with E-state index in [1.165, 1.54) is 13.2 Å². The molecule has 0 atom stereocenters. The number of carbonyl (C=O) groups is 1. The molecule has 0 bridgehead atoms. The van der Waals surface area contributed by atoms with Gasteiger partial charge in [0.15, 0.2) is 5.75 Å². The van der Waals surface area contributed by atoms with Crippen LogP contribution in [0.4, 0.5) is 18.9 Å². The number of amides is 1. The van der Waals surface area contributed by atoms with Crippen molar-refractivity contribution >= 4 is 50.9 Å². The molecule has 0 saturated carbocycles. The predicted octanol–water partition coefficient (Wildman–Crippen LogP) is 4.30. The summed E-state index contributed by atoms with van der Waals surface area (Å²) in [7, 11) is 1.37. The van der Waals surface area contributed by atoms with Gasteiger partial charge in [-0.3, -0.25) is 4.79 Å². The van der Waals surface area contributed by atoms with Crippen LogP contribution in [-0.4, -0.2) is 24.3 Å². The molecule has 0 aliphatic rings. The molecule has 1 amide bonds. The first kappa shape index (κ1) is 16.5. The van der Waals surface area contributed by atoms with Crippen molar-refractivity contribution in [3.05, 3.63) is 21.6 Å². The normalized spacial score (nSPS) is 11.3. The van der Waals surface area contributed by atoms with Crippen molar-refractivity contribution in [3.63, 3.8) is 0 Å². The number of rotatable bonds is 4. The maximum atomic E-state index is 12.0. The van der Waals surface area contributed by atoms with Gasteiger partial charge in [-0.2, -0.15) is 13.2 Å². The molecule has 0 radical (unpaired) electrons. The van der Waals surface area contributed by atoms with E-state index in [0.717, 1.165) is 0 Å². The van der Waals surface area contributed by atoms with E-state index in [9.17, 15) is 18.0 Å². The molecule has 3 nitrogen and oxygen atoms in total. The van der Waals surface area contributed by atoms with Crippen molar-refractivity contribution in [1.82, 2.24) is 0 Å². The number of carbonyl (C=O) groups excluding carboxylic acids is 1. The van der Waals surface area contributed by atoms with Crippen LogP contribution in [0, 0.1) is 0 Å². The molecule has 1 rings (SSSR count). The number of thioether (sulfide) groups is 1. The Kier molecular flexibility index (Phi) is 5.82. The zero-order valence-electron chi connectivity index (χ0n) is 9.48. The van der Waals surface area contributed by atoms with Gasteiger partial charge in [-0.1, -0.05) is 11.6 Å². The van der Waals surface area contributed by atoms with E-state index < -0.39 is 28.9 Å². The van der Waals surface area contributed by atoms with Gasteiger partial charge in [-0.15, -0.1) is 0 Å². The minimum atomic E-state index is -4.45. The number of halogens is 5. The highest BCUT2D eigenvalue weighted by Crippen LogP contribution is 2.36. The maximum absolute atomic E-state index is 12.0. The Morgan fingerprint density at radius 2 is 2.16 bits per heavy atom. The summed E-state index contributed by atoms with van der Waals surface area (Å²) in [6.07, 6.45) is 0. The van der Waals surface area contributed by atoms with Gasteiger partial charge in [0.1, 0.15) is 0 Å². The van der Waals surface area contributed by atoms with E-state index in [4.69, 9.17) is 16.3 Å². The van der Waals surface area contributed by atoms with Gasteiger partial charge < -0.3 is 10.1 Å². The summed E-state index contributed by atoms with van der Waals surface area (Å²) in [5.74, 6) is -1.25. The van der Waals surface area contributed by atoms with E-state index in [2.05, 4.69) is 21.2 Å². The molecule has 106 valence electrons. The monoisotopic (exact) mass is 377 g/mol. The first-order valence-electron chi connectivity index (χ1n) is 4.76. The van der Waals surface area contributed by atoms with Crippen LogP contribution in [0.1, 0.15) is 0 Å². The lowest BCUT2D eigenvalue weighted by Gasteiger charge is -2.12. The topological polar surface area (TPSA) is 38.3 Å². The molecular formula is C10H8BrClF3NO2S. The Hall–Kier alpha value is -0.600. The smallest absolute Gasteiger partial charge is 0.442 e. The van der Waals surface area contributed by atoms with E-state index >= 15 is 0 Å². The molecule has 0 spiro atoms. The predicted molar refractivity (Wildman–Crippen MR) is 72.8 cm³/mol. The summed E-state index contributed by atoms with van der Waals surface area (Å²) in [6.45, 7) is 0. The molecule has 9 heteroatoms. The zero-order chi connectivity index (χ0) is 14.6. The first-order valence-corrected chi connectivity index (χ1v) is 6.92. The van der Waals surface area contributed by atoms with E-state index in [-0.39, 0.29) is 11.4 Å². The van der Waals surface area contributed by atoms with Crippen LogP contribution >= 0.6 is 39.3 Å². The highest BCUT2D eigenvalue weighted by Gasteiger charge is 2.29. The third-order valence-corrected chi connectivity index (χ3v) is 3.39. The molecule has 1 aromatic carbocycles. The van der Waals surface area contributed by atoms with Crippen molar-refractivity contribution in [2.45, 2.75) is 5.51 Å². The fourth-order valence-electron chi connectivity index (χ4n) is 1.19. The lowest BCUT2D eigenvalue weighted by Crippen LogP contribution is -2.17. The second kappa shape index (κ2) is 6.71. The summed E-state index contributed by atoms with van der Waals surface area (Å²) in [6, 6.07) is 2.93. The quantitative estimate of drug-likeness (QED) is 0.849. The molecular weight excluding hydrogens is 371 g/mol. The van der Waals surface area contributed by atoms with Crippen molar-refractivity contribution in [2.24, 2.45) is 0 Å². The number of nitrogens with one attached hydrogen (secondary N) is 1. The van der Waals surface area contributed by atoms with Gasteiger partial charge in [0, 0.05) is 5.02 Å². The standard InChI is InChI=1S/C10H8BrClF3NO2S/c1-18-9-6(11)2-5(12)3-7(9)16-8(17)4-19-10(13,14)15/h2-3H,4H2,1H3,(H,16,17). The fourth-order valence-corrected chi connectivity index (χ4v) is 2.53. The molecule has 19 heavy (non-hydrogen) atoms. The number of hydrogen-bond acceptors (Lipinski definition) is 3. The third-order valence-electron chi connectivity index (χ3n) is 1.85. The molecule has 0 heterocycles. The van der Waals surface area contributed by atoms with Crippen molar-refractivity contribution in [1.29, 1.82) is 0 Å². The minimum Gasteiger partial charge on any atom is -0.493 e. The summed E-state index contributed by atoms with van der Waals surface area (Å²) < 4.78 is 41.4. The summed E-state index contributed by atoms with van der Waals surface area (Å²) in [4.78, 5) is 11.4. The van der Waals surface area contributed by atoms with Crippen LogP contribution in [0.3, 0.4) is 0 Å². The van der Waals surface area contributed by atoms with Crippen molar-refractivity contribution in [2.75, 3.05) is 18.2 Å². The fraction of sp³-hybridized carbons (Fsp3) is 0.300. The molecule has 0 aliphatic heterocycles. The number of anilines is 1. The van der Waals surface area contributed by atoms with Crippen LogP contribution in [0.15, 0.2) is 16.6 Å². The van der Waals surface area contributed by atoms with E-state index in [0.29, 0.717) is 9.50 Å². The summed E-state index contributed by atoms with van der Waals surface area (Å²) in [5, 5.41) is 2.63. The van der Waals surface area contributed by atoms with Gasteiger partial charge in [-0.25, -0.2) is 0 Å². The largest absolute Gasteiger partial charge is 0.493 e. The molecule has 0 saturated heterocycles. The Morgan fingerprint density at radius 3 is 2.68 bits per heavy atom. The summed E-state index contributed by atoms with van der Waals surface area (Å²) >= 11 is 8.55. The van der Waals surface area contributed by atoms with Crippen LogP contribution in [-0.2, 0) is 4.79 Å². The molecule has 1 N–H and O–H groups in total. The zero-order valence-corrected chi connectivity index (χ0v) is 12.6. The lowest BCUT2D eigenvalue weighted by atomic mass is 10.3. The van der Waals surface area contributed by atoms with Crippen LogP contribution in [0.2, 0.25) is 5.02 Å². The van der Waals surface area contributed by atoms with Gasteiger partial charge >= 0.3 is 5.51 Å². The average Bonchev–Trinajstić information content (AvgIpc) is 2.25. The van der Waals surface area contributed by atoms with Gasteiger partial charge in [-0.05, 0) is 39.8 Å². The Bertz CT molecular complexity index is 485. The molecule has 1 aromatic rings. The number of ether oxygens (including phenoxy) is 1. The molecule has 0 fully saturated rings. The Labute approximate surface area is 125 Å². The number of alkyl halides is 3. The second-order valence-electron chi connectivity index (χ2n) is 3.25. The van der Waals surface area contributed by atoms with Gasteiger partial charge in [0.2, 0.25) is 5.91 Å². The number of methoxy groups -OCH3 is 1. The highest BCUT2D eigenvalue weighted by atomic mass is 79.9. The van der Waals surface area contributed by atoms with Crippen LogP contribution in [0.25, 0.3) is 0 Å².